The van der Waals surface area contributed by atoms with Crippen LogP contribution in [0.15, 0.2) is 42.6 Å². The highest BCUT2D eigenvalue weighted by atomic mass is 16.5. The summed E-state index contributed by atoms with van der Waals surface area (Å²) < 4.78 is 5.67. The minimum atomic E-state index is -0.619. The minimum Gasteiger partial charge on any atom is -0.453 e. The molecule has 2 aromatic rings. The largest absolute Gasteiger partial charge is 0.453 e. The Hall–Kier alpha value is -2.69. The van der Waals surface area contributed by atoms with Gasteiger partial charge in [-0.1, -0.05) is 24.3 Å². The maximum atomic E-state index is 11.7. The summed E-state index contributed by atoms with van der Waals surface area (Å²) in [6.07, 6.45) is 7.89. The minimum absolute atomic E-state index is 0.111. The molecule has 2 N–H and O–H groups in total. The first kappa shape index (κ1) is 14.3. The van der Waals surface area contributed by atoms with E-state index in [1.54, 1.807) is 12.1 Å². The van der Waals surface area contributed by atoms with E-state index in [0.29, 0.717) is 11.6 Å². The van der Waals surface area contributed by atoms with Crippen LogP contribution in [0.3, 0.4) is 0 Å². The summed E-state index contributed by atoms with van der Waals surface area (Å²) in [5.74, 6) is 0.831. The molecular formula is C17H17N3O2. The molecule has 5 nitrogen and oxygen atoms in total. The molecule has 0 atom stereocenters. The van der Waals surface area contributed by atoms with Crippen LogP contribution in [0.4, 0.5) is 0 Å². The van der Waals surface area contributed by atoms with Gasteiger partial charge in [-0.3, -0.25) is 4.79 Å². The number of aromatic nitrogens is 2. The van der Waals surface area contributed by atoms with Gasteiger partial charge >= 0.3 is 0 Å². The fourth-order valence-corrected chi connectivity index (χ4v) is 2.43. The molecule has 0 fully saturated rings. The van der Waals surface area contributed by atoms with Gasteiger partial charge in [0.05, 0.1) is 6.20 Å². The predicted molar refractivity (Wildman–Crippen MR) is 83.5 cm³/mol. The molecule has 0 radical (unpaired) electrons. The van der Waals surface area contributed by atoms with E-state index < -0.39 is 5.91 Å². The van der Waals surface area contributed by atoms with Gasteiger partial charge in [-0.2, -0.15) is 0 Å². The summed E-state index contributed by atoms with van der Waals surface area (Å²) in [4.78, 5) is 20.3. The molecule has 1 aliphatic carbocycles. The Kier molecular flexibility index (Phi) is 4.14. The van der Waals surface area contributed by atoms with E-state index >= 15 is 0 Å². The Morgan fingerprint density at radius 3 is 2.68 bits per heavy atom. The van der Waals surface area contributed by atoms with Gasteiger partial charge in [0, 0.05) is 0 Å². The van der Waals surface area contributed by atoms with Gasteiger partial charge in [0.25, 0.3) is 5.91 Å². The molecule has 0 saturated heterocycles. The first-order chi connectivity index (χ1) is 10.7. The van der Waals surface area contributed by atoms with Gasteiger partial charge in [0.15, 0.2) is 17.3 Å². The second kappa shape index (κ2) is 6.39. The van der Waals surface area contributed by atoms with Crippen LogP contribution in [0.1, 0.15) is 42.0 Å². The standard InChI is InChI=1S/C17H17N3O2/c18-16(21)15-14(22-13-9-5-2-6-10-13)11-19-17(20-15)12-7-3-1-4-8-12/h2,5-7,9-11H,1,3-4,8H2,(H2,18,21). The SMILES string of the molecule is NC(=O)c1nc(C2=CCCCC2)ncc1Oc1ccccc1. The fourth-order valence-electron chi connectivity index (χ4n) is 2.43. The third-order valence-electron chi connectivity index (χ3n) is 3.54. The second-order valence-electron chi connectivity index (χ2n) is 5.16. The van der Waals surface area contributed by atoms with E-state index in [4.69, 9.17) is 10.5 Å². The number of rotatable bonds is 4. The summed E-state index contributed by atoms with van der Waals surface area (Å²) in [6.45, 7) is 0. The first-order valence-corrected chi connectivity index (χ1v) is 7.33. The molecule has 1 heterocycles. The van der Waals surface area contributed by atoms with Gasteiger partial charge in [0.1, 0.15) is 5.75 Å². The Morgan fingerprint density at radius 2 is 2.00 bits per heavy atom. The third kappa shape index (κ3) is 3.14. The second-order valence-corrected chi connectivity index (χ2v) is 5.16. The fraction of sp³-hybridized carbons (Fsp3) is 0.235. The average Bonchev–Trinajstić information content (AvgIpc) is 2.57. The van der Waals surface area contributed by atoms with Crippen LogP contribution >= 0.6 is 0 Å². The third-order valence-corrected chi connectivity index (χ3v) is 3.54. The van der Waals surface area contributed by atoms with Crippen molar-refractivity contribution in [2.24, 2.45) is 5.73 Å². The lowest BCUT2D eigenvalue weighted by atomic mass is 9.99. The molecule has 112 valence electrons. The molecule has 22 heavy (non-hydrogen) atoms. The number of nitrogens with two attached hydrogens (primary N) is 1. The van der Waals surface area contributed by atoms with Crippen molar-refractivity contribution in [3.05, 3.63) is 54.1 Å². The zero-order valence-corrected chi connectivity index (χ0v) is 12.2. The van der Waals surface area contributed by atoms with Gasteiger partial charge in [0.2, 0.25) is 0 Å². The zero-order valence-electron chi connectivity index (χ0n) is 12.2. The number of carbonyl (C=O) groups is 1. The summed E-state index contributed by atoms with van der Waals surface area (Å²) in [5, 5.41) is 0. The van der Waals surface area contributed by atoms with Gasteiger partial charge in [-0.15, -0.1) is 0 Å². The molecule has 1 aromatic heterocycles. The molecule has 0 aliphatic heterocycles. The van der Waals surface area contributed by atoms with E-state index in [1.807, 2.05) is 18.2 Å². The van der Waals surface area contributed by atoms with Crippen LogP contribution in [0, 0.1) is 0 Å². The molecule has 0 unspecified atom stereocenters. The van der Waals surface area contributed by atoms with Crippen molar-refractivity contribution in [1.82, 2.24) is 9.97 Å². The summed E-state index contributed by atoms with van der Waals surface area (Å²) in [7, 11) is 0. The lowest BCUT2D eigenvalue weighted by Crippen LogP contribution is -2.16. The molecule has 1 amide bonds. The van der Waals surface area contributed by atoms with E-state index in [0.717, 1.165) is 24.8 Å². The van der Waals surface area contributed by atoms with Gasteiger partial charge in [-0.05, 0) is 43.4 Å². The number of carbonyl (C=O) groups excluding carboxylic acids is 1. The quantitative estimate of drug-likeness (QED) is 0.938. The summed E-state index contributed by atoms with van der Waals surface area (Å²) >= 11 is 0. The van der Waals surface area contributed by atoms with Crippen LogP contribution in [0.5, 0.6) is 11.5 Å². The van der Waals surface area contributed by atoms with Crippen LogP contribution in [-0.2, 0) is 0 Å². The van der Waals surface area contributed by atoms with Crippen LogP contribution in [-0.4, -0.2) is 15.9 Å². The Bertz CT molecular complexity index is 711. The number of para-hydroxylation sites is 1. The predicted octanol–water partition coefficient (Wildman–Crippen LogP) is 3.33. The Morgan fingerprint density at radius 1 is 1.18 bits per heavy atom. The number of allylic oxidation sites excluding steroid dienone is 2. The van der Waals surface area contributed by atoms with Crippen LogP contribution in [0.25, 0.3) is 5.57 Å². The number of hydrogen-bond acceptors (Lipinski definition) is 4. The van der Waals surface area contributed by atoms with E-state index in [1.165, 1.54) is 12.6 Å². The highest BCUT2D eigenvalue weighted by Gasteiger charge is 2.17. The number of benzene rings is 1. The molecule has 3 rings (SSSR count). The molecule has 0 spiro atoms. The molecule has 5 heteroatoms. The van der Waals surface area contributed by atoms with Crippen LogP contribution in [0.2, 0.25) is 0 Å². The lowest BCUT2D eigenvalue weighted by Gasteiger charge is -2.13. The molecule has 1 aromatic carbocycles. The monoisotopic (exact) mass is 295 g/mol. The maximum Gasteiger partial charge on any atom is 0.271 e. The molecule has 1 aliphatic rings. The normalized spacial score (nSPS) is 14.3. The highest BCUT2D eigenvalue weighted by Crippen LogP contribution is 2.28. The summed E-state index contributed by atoms with van der Waals surface area (Å²) in [6, 6.07) is 9.17. The maximum absolute atomic E-state index is 11.7. The molecule has 0 saturated carbocycles. The molecule has 0 bridgehead atoms. The number of primary amides is 1. The lowest BCUT2D eigenvalue weighted by molar-refractivity contribution is 0.0993. The van der Waals surface area contributed by atoms with Crippen molar-refractivity contribution < 1.29 is 9.53 Å². The van der Waals surface area contributed by atoms with Crippen molar-refractivity contribution >= 4 is 11.5 Å². The smallest absolute Gasteiger partial charge is 0.271 e. The van der Waals surface area contributed by atoms with Gasteiger partial charge < -0.3 is 10.5 Å². The number of hydrogen-bond donors (Lipinski definition) is 1. The number of amides is 1. The summed E-state index contributed by atoms with van der Waals surface area (Å²) in [5.41, 5.74) is 6.62. The van der Waals surface area contributed by atoms with E-state index in [-0.39, 0.29) is 11.4 Å². The van der Waals surface area contributed by atoms with Crippen molar-refractivity contribution in [3.63, 3.8) is 0 Å². The Balaban J connectivity index is 1.94. The van der Waals surface area contributed by atoms with Gasteiger partial charge in [-0.25, -0.2) is 9.97 Å². The average molecular weight is 295 g/mol. The van der Waals surface area contributed by atoms with Crippen molar-refractivity contribution in [2.45, 2.75) is 25.7 Å². The molecular weight excluding hydrogens is 278 g/mol. The van der Waals surface area contributed by atoms with E-state index in [2.05, 4.69) is 16.0 Å². The van der Waals surface area contributed by atoms with Crippen molar-refractivity contribution in [1.29, 1.82) is 0 Å². The first-order valence-electron chi connectivity index (χ1n) is 7.33. The van der Waals surface area contributed by atoms with Crippen LogP contribution < -0.4 is 10.5 Å². The zero-order chi connectivity index (χ0) is 15.4. The van der Waals surface area contributed by atoms with Crippen molar-refractivity contribution in [3.8, 4) is 11.5 Å². The van der Waals surface area contributed by atoms with E-state index in [9.17, 15) is 4.79 Å². The topological polar surface area (TPSA) is 78.1 Å². The Labute approximate surface area is 128 Å². The highest BCUT2D eigenvalue weighted by molar-refractivity contribution is 5.93. The number of nitrogens with zero attached hydrogens (tertiary/aromatic N) is 2. The van der Waals surface area contributed by atoms with Crippen molar-refractivity contribution in [2.75, 3.05) is 0 Å². The number of ether oxygens (including phenoxy) is 1.